The molecule has 90 heavy (non-hydrogen) atoms. The van der Waals surface area contributed by atoms with Gasteiger partial charge in [-0.25, -0.2) is 22.8 Å². The van der Waals surface area contributed by atoms with Crippen molar-refractivity contribution in [2.75, 3.05) is 0 Å². The van der Waals surface area contributed by atoms with Crippen LogP contribution in [0.15, 0.2) is 191 Å². The Morgan fingerprint density at radius 2 is 0.533 bits per heavy atom. The van der Waals surface area contributed by atoms with Gasteiger partial charge in [-0.05, 0) is 87.2 Å². The van der Waals surface area contributed by atoms with Crippen LogP contribution in [0.1, 0.15) is 166 Å². The molecule has 10 aromatic rings. The second kappa shape index (κ2) is 60.5. The lowest BCUT2D eigenvalue weighted by molar-refractivity contribution is -0.663. The summed E-state index contributed by atoms with van der Waals surface area (Å²) in [6.45, 7) is 50.3. The molecule has 14 heteroatoms. The summed E-state index contributed by atoms with van der Waals surface area (Å²) in [4.78, 5) is 37.1. The predicted molar refractivity (Wildman–Crippen MR) is 383 cm³/mol. The van der Waals surface area contributed by atoms with Crippen molar-refractivity contribution < 1.29 is 22.8 Å². The van der Waals surface area contributed by atoms with E-state index in [-0.39, 0.29) is 0 Å². The van der Waals surface area contributed by atoms with Crippen LogP contribution in [-0.2, 0) is 35.2 Å². The molecule has 9 aromatic heterocycles. The number of aromatic nitrogens is 14. The predicted octanol–water partition coefficient (Wildman–Crippen LogP) is 17.2. The van der Waals surface area contributed by atoms with Crippen molar-refractivity contribution in [3.63, 3.8) is 0 Å². The van der Waals surface area contributed by atoms with Gasteiger partial charge in [0.05, 0.1) is 35.2 Å². The first-order valence-corrected chi connectivity index (χ1v) is 32.6. The molecule has 0 amide bonds. The molecule has 490 valence electrons. The van der Waals surface area contributed by atoms with Crippen molar-refractivity contribution in [1.29, 1.82) is 0 Å². The number of hydrogen-bond donors (Lipinski definition) is 0. The highest BCUT2D eigenvalue weighted by molar-refractivity contribution is 5.61. The quantitative estimate of drug-likeness (QED) is 0.154. The van der Waals surface area contributed by atoms with E-state index in [1.807, 2.05) is 295 Å². The molecule has 0 atom stereocenters. The van der Waals surface area contributed by atoms with E-state index in [2.05, 4.69) is 109 Å². The zero-order valence-corrected chi connectivity index (χ0v) is 61.7. The molecule has 0 radical (unpaired) electrons. The molecule has 0 fully saturated rings. The third kappa shape index (κ3) is 33.0. The molecule has 0 spiro atoms. The molecule has 0 saturated carbocycles. The minimum absolute atomic E-state index is 1.01. The molecular formula is C76H121N14+5. The summed E-state index contributed by atoms with van der Waals surface area (Å²) in [5.41, 5.74) is 17.4. The fourth-order valence-corrected chi connectivity index (χ4v) is 7.39. The summed E-state index contributed by atoms with van der Waals surface area (Å²) in [7, 11) is 9.93. The Labute approximate surface area is 548 Å². The molecule has 0 bridgehead atoms. The summed E-state index contributed by atoms with van der Waals surface area (Å²) in [5, 5.41) is 0. The number of rotatable bonds is 5. The molecule has 0 unspecified atom stereocenters. The maximum atomic E-state index is 4.36. The van der Waals surface area contributed by atoms with E-state index in [4.69, 9.17) is 0 Å². The third-order valence-corrected chi connectivity index (χ3v) is 11.3. The van der Waals surface area contributed by atoms with Gasteiger partial charge < -0.3 is 0 Å². The lowest BCUT2D eigenvalue weighted by Gasteiger charge is -2.04. The van der Waals surface area contributed by atoms with Crippen LogP contribution < -0.4 is 22.8 Å². The van der Waals surface area contributed by atoms with Crippen molar-refractivity contribution in [3.05, 3.63) is 219 Å². The Hall–Kier alpha value is -8.78. The standard InChI is InChI=1S/C12H13N2.4C11H12N3.10C2H6/c1-10-5-3-4-6-11(10)12-7-8-13-9-14(12)2;1-9-7-12-5-3-10(9)11-4-6-13-8-14(11)2;1-9-3-5-12-7-10(9)11-4-6-13-8-14(11)2;1-9-10(4-3-6-13-9)11-5-7-12-8-14(11)2;1-9-4-3-6-13-11(9)10-5-7-12-8-14(10)2;10*1-2/h3-9H,1-2H3;4*3-8H,1-2H3;10*1-2H3/q5*+1;;;;;;;;;;. The molecule has 1 aromatic carbocycles. The van der Waals surface area contributed by atoms with E-state index in [1.54, 1.807) is 62.5 Å². The summed E-state index contributed by atoms with van der Waals surface area (Å²) >= 11 is 0. The first kappa shape index (κ1) is 90.0. The Balaban J connectivity index is -0.000000312. The monoisotopic (exact) mass is 1230 g/mol. The van der Waals surface area contributed by atoms with Crippen molar-refractivity contribution in [2.45, 2.75) is 173 Å². The number of hydrogen-bond acceptors (Lipinski definition) is 9. The van der Waals surface area contributed by atoms with Gasteiger partial charge in [0.15, 0.2) is 5.69 Å². The van der Waals surface area contributed by atoms with Crippen LogP contribution in [0.2, 0.25) is 0 Å². The molecule has 14 nitrogen and oxygen atoms in total. The van der Waals surface area contributed by atoms with Crippen LogP contribution in [0.25, 0.3) is 56.4 Å². The van der Waals surface area contributed by atoms with E-state index < -0.39 is 0 Å². The van der Waals surface area contributed by atoms with Gasteiger partial charge in [0.2, 0.25) is 0 Å². The largest absolute Gasteiger partial charge is 0.286 e. The maximum absolute atomic E-state index is 4.36. The second-order valence-electron chi connectivity index (χ2n) is 16.4. The smallest absolute Gasteiger partial charge is 0.264 e. The van der Waals surface area contributed by atoms with Crippen LogP contribution in [0.3, 0.4) is 0 Å². The lowest BCUT2D eigenvalue weighted by Crippen LogP contribution is -2.31. The molecular weight excluding hydrogens is 1110 g/mol. The number of aryl methyl sites for hydroxylation is 10. The summed E-state index contributed by atoms with van der Waals surface area (Å²) < 4.78 is 9.98. The van der Waals surface area contributed by atoms with Crippen LogP contribution in [0.4, 0.5) is 0 Å². The van der Waals surface area contributed by atoms with E-state index in [0.29, 0.717) is 0 Å². The number of nitrogens with zero attached hydrogens (tertiary/aromatic N) is 14. The van der Waals surface area contributed by atoms with Crippen LogP contribution in [0.5, 0.6) is 0 Å². The Morgan fingerprint density at radius 3 is 0.911 bits per heavy atom. The van der Waals surface area contributed by atoms with Crippen LogP contribution in [0, 0.1) is 34.6 Å². The molecule has 9 heterocycles. The maximum Gasteiger partial charge on any atom is 0.286 e. The third-order valence-electron chi connectivity index (χ3n) is 11.3. The first-order valence-electron chi connectivity index (χ1n) is 32.6. The summed E-state index contributed by atoms with van der Waals surface area (Å²) in [6, 6.07) is 30.4. The molecule has 0 saturated heterocycles. The van der Waals surface area contributed by atoms with E-state index in [1.165, 1.54) is 39.1 Å². The highest BCUT2D eigenvalue weighted by Gasteiger charge is 2.12. The molecule has 0 aliphatic carbocycles. The van der Waals surface area contributed by atoms with Crippen LogP contribution >= 0.6 is 0 Å². The zero-order chi connectivity index (χ0) is 69.8. The highest BCUT2D eigenvalue weighted by Crippen LogP contribution is 2.21. The molecule has 0 aliphatic rings. The van der Waals surface area contributed by atoms with E-state index in [9.17, 15) is 0 Å². The average Bonchev–Trinajstić information content (AvgIpc) is 2.35. The topological polar surface area (TPSA) is 135 Å². The van der Waals surface area contributed by atoms with Crippen molar-refractivity contribution in [1.82, 2.24) is 44.9 Å². The Morgan fingerprint density at radius 1 is 0.233 bits per heavy atom. The molecule has 0 aliphatic heterocycles. The SMILES string of the molecule is CC.CC.CC.CC.CC.CC.CC.CC.CC.CC.Cc1ccccc1-c1ccnc[n+]1C.Cc1cccnc1-c1ccnc[n+]1C.Cc1ccncc1-c1ccnc[n+]1C.Cc1cnccc1-c1ccnc[n+]1C.Cc1ncccc1-c1ccnc[n+]1C. The zero-order valence-electron chi connectivity index (χ0n) is 61.7. The number of pyridine rings is 4. The normalized spacial score (nSPS) is 8.56. The van der Waals surface area contributed by atoms with E-state index >= 15 is 0 Å². The van der Waals surface area contributed by atoms with Gasteiger partial charge in [-0.15, -0.1) is 0 Å². The van der Waals surface area contributed by atoms with Gasteiger partial charge in [0.1, 0.15) is 59.5 Å². The van der Waals surface area contributed by atoms with Crippen molar-refractivity contribution in [3.8, 4) is 56.4 Å². The van der Waals surface area contributed by atoms with Gasteiger partial charge in [-0.2, -0.15) is 0 Å². The van der Waals surface area contributed by atoms with Crippen molar-refractivity contribution >= 4 is 0 Å². The minimum Gasteiger partial charge on any atom is -0.264 e. The Bertz CT molecular complexity index is 2550. The van der Waals surface area contributed by atoms with Gasteiger partial charge in [-0.3, -0.25) is 19.9 Å². The van der Waals surface area contributed by atoms with Crippen molar-refractivity contribution in [2.24, 2.45) is 35.2 Å². The fourth-order valence-electron chi connectivity index (χ4n) is 7.39. The lowest BCUT2D eigenvalue weighted by atomic mass is 10.1. The fraction of sp³-hybridized carbons (Fsp3) is 0.395. The first-order chi connectivity index (χ1) is 43.9. The average molecular weight is 1230 g/mol. The van der Waals surface area contributed by atoms with Gasteiger partial charge in [0.25, 0.3) is 31.6 Å². The highest BCUT2D eigenvalue weighted by atomic mass is 15.0. The molecule has 10 rings (SSSR count). The van der Waals surface area contributed by atoms with Gasteiger partial charge in [-0.1, -0.05) is 194 Å². The Kier molecular flexibility index (Phi) is 60.5. The molecule has 0 N–H and O–H groups in total. The summed E-state index contributed by atoms with van der Waals surface area (Å²) in [5.74, 6) is 0. The van der Waals surface area contributed by atoms with E-state index in [0.717, 1.165) is 45.3 Å². The van der Waals surface area contributed by atoms with Crippen LogP contribution in [-0.4, -0.2) is 44.9 Å². The number of benzene rings is 1. The van der Waals surface area contributed by atoms with Gasteiger partial charge in [0, 0.05) is 95.5 Å². The second-order valence-corrected chi connectivity index (χ2v) is 16.4. The summed E-state index contributed by atoms with van der Waals surface area (Å²) in [6.07, 6.45) is 29.0. The van der Waals surface area contributed by atoms with Gasteiger partial charge >= 0.3 is 0 Å². The minimum atomic E-state index is 1.01.